The fraction of sp³-hybridized carbons (Fsp3) is 0.400. The average molecular weight is 615 g/mol. The molecule has 2 aromatic carbocycles. The number of benzene rings is 2. The van der Waals surface area contributed by atoms with Crippen molar-refractivity contribution in [1.82, 2.24) is 4.90 Å². The Balaban J connectivity index is 1.75. The summed E-state index contributed by atoms with van der Waals surface area (Å²) in [4.78, 5) is 26.9. The molecular weight excluding hydrogens is 582 g/mol. The van der Waals surface area contributed by atoms with Crippen LogP contribution in [0.3, 0.4) is 0 Å². The third-order valence-electron chi connectivity index (χ3n) is 5.85. The molecule has 1 N–H and O–H groups in total. The number of halogens is 6. The van der Waals surface area contributed by atoms with Crippen molar-refractivity contribution >= 4 is 17.6 Å². The first kappa shape index (κ1) is 33.5. The molecule has 0 bridgehead atoms. The number of ether oxygens (including phenoxy) is 2. The second-order valence-corrected chi connectivity index (χ2v) is 11.3. The van der Waals surface area contributed by atoms with Gasteiger partial charge in [-0.3, -0.25) is 9.69 Å². The van der Waals surface area contributed by atoms with E-state index in [0.29, 0.717) is 29.2 Å². The molecule has 3 rings (SSSR count). The van der Waals surface area contributed by atoms with Crippen LogP contribution < -0.4 is 10.1 Å². The highest BCUT2D eigenvalue weighted by Gasteiger charge is 2.39. The molecule has 0 unspecified atom stereocenters. The largest absolute Gasteiger partial charge is 0.476 e. The Morgan fingerprint density at radius 1 is 0.860 bits per heavy atom. The van der Waals surface area contributed by atoms with E-state index in [2.05, 4.69) is 5.32 Å². The molecule has 43 heavy (non-hydrogen) atoms. The van der Waals surface area contributed by atoms with Crippen LogP contribution >= 0.6 is 0 Å². The fourth-order valence-electron chi connectivity index (χ4n) is 3.91. The van der Waals surface area contributed by atoms with E-state index in [0.717, 1.165) is 0 Å². The number of anilines is 1. The lowest BCUT2D eigenvalue weighted by molar-refractivity contribution is -0.171. The molecule has 0 saturated carbocycles. The third-order valence-corrected chi connectivity index (χ3v) is 5.85. The number of hydrogen-bond donors (Lipinski definition) is 1. The van der Waals surface area contributed by atoms with Crippen molar-refractivity contribution in [2.75, 3.05) is 11.9 Å². The SMILES string of the molecule is CC(C)(C)OC(=O)C(C)(C)Oc1ccc(CN(CC(=O)Nc2ccc(C(F)(F)F)cc2C(F)(F)F)Cc2ccco2)cc1. The van der Waals surface area contributed by atoms with E-state index < -0.39 is 58.8 Å². The first-order chi connectivity index (χ1) is 19.7. The summed E-state index contributed by atoms with van der Waals surface area (Å²) in [6.07, 6.45) is -8.71. The summed E-state index contributed by atoms with van der Waals surface area (Å²) in [6.45, 7) is 8.18. The molecular formula is C30H32F6N2O5. The molecule has 234 valence electrons. The van der Waals surface area contributed by atoms with Crippen molar-refractivity contribution in [2.45, 2.75) is 71.3 Å². The fourth-order valence-corrected chi connectivity index (χ4v) is 3.91. The molecule has 3 aromatic rings. The van der Waals surface area contributed by atoms with Crippen LogP contribution in [0.4, 0.5) is 32.0 Å². The van der Waals surface area contributed by atoms with Gasteiger partial charge >= 0.3 is 18.3 Å². The summed E-state index contributed by atoms with van der Waals surface area (Å²) < 4.78 is 96.2. The lowest BCUT2D eigenvalue weighted by Crippen LogP contribution is -2.43. The minimum Gasteiger partial charge on any atom is -0.476 e. The highest BCUT2D eigenvalue weighted by atomic mass is 19.4. The predicted molar refractivity (Wildman–Crippen MR) is 145 cm³/mol. The summed E-state index contributed by atoms with van der Waals surface area (Å²) in [5.74, 6) is -0.591. The second-order valence-electron chi connectivity index (χ2n) is 11.3. The summed E-state index contributed by atoms with van der Waals surface area (Å²) >= 11 is 0. The minimum atomic E-state index is -5.14. The maximum atomic E-state index is 13.5. The minimum absolute atomic E-state index is 0.0377. The number of amides is 1. The van der Waals surface area contributed by atoms with Gasteiger partial charge in [0.1, 0.15) is 17.1 Å². The van der Waals surface area contributed by atoms with Crippen LogP contribution in [-0.2, 0) is 39.8 Å². The van der Waals surface area contributed by atoms with Crippen LogP contribution in [0.25, 0.3) is 0 Å². The summed E-state index contributed by atoms with van der Waals surface area (Å²) in [7, 11) is 0. The van der Waals surface area contributed by atoms with Gasteiger partial charge in [0.15, 0.2) is 5.60 Å². The molecule has 13 heteroatoms. The molecule has 1 heterocycles. The van der Waals surface area contributed by atoms with E-state index in [9.17, 15) is 35.9 Å². The molecule has 0 atom stereocenters. The van der Waals surface area contributed by atoms with Gasteiger partial charge in [-0.2, -0.15) is 26.3 Å². The second kappa shape index (κ2) is 12.7. The molecule has 0 radical (unpaired) electrons. The van der Waals surface area contributed by atoms with E-state index in [4.69, 9.17) is 13.9 Å². The van der Waals surface area contributed by atoms with Gasteiger partial charge in [-0.25, -0.2) is 4.79 Å². The molecule has 0 spiro atoms. The molecule has 7 nitrogen and oxygen atoms in total. The van der Waals surface area contributed by atoms with Crippen LogP contribution in [0.15, 0.2) is 65.3 Å². The van der Waals surface area contributed by atoms with Gasteiger partial charge in [0, 0.05) is 6.54 Å². The van der Waals surface area contributed by atoms with Crippen molar-refractivity contribution in [3.05, 3.63) is 83.3 Å². The number of nitrogens with one attached hydrogen (secondary N) is 1. The van der Waals surface area contributed by atoms with E-state index in [-0.39, 0.29) is 19.2 Å². The smallest absolute Gasteiger partial charge is 0.418 e. The highest BCUT2D eigenvalue weighted by molar-refractivity contribution is 5.93. The topological polar surface area (TPSA) is 81.0 Å². The Hall–Kier alpha value is -4.00. The average Bonchev–Trinajstić information content (AvgIpc) is 3.36. The standard InChI is InChI=1S/C30H32F6N2O5/c1-27(2,3)43-26(40)28(4,5)42-21-11-8-19(9-12-21)16-38(17-22-7-6-14-41-22)18-25(39)37-24-13-10-20(29(31,32)33)15-23(24)30(34,35)36/h6-15H,16-18H2,1-5H3,(H,37,39). The molecule has 0 saturated heterocycles. The Kier molecular flexibility index (Phi) is 9.90. The Morgan fingerprint density at radius 2 is 1.51 bits per heavy atom. The van der Waals surface area contributed by atoms with E-state index in [1.807, 2.05) is 0 Å². The maximum absolute atomic E-state index is 13.5. The first-order valence-corrected chi connectivity index (χ1v) is 13.1. The van der Waals surface area contributed by atoms with Gasteiger partial charge in [0.25, 0.3) is 0 Å². The molecule has 0 fully saturated rings. The molecule has 1 aromatic heterocycles. The zero-order valence-corrected chi connectivity index (χ0v) is 24.2. The Bertz CT molecular complexity index is 1390. The zero-order chi connectivity index (χ0) is 32.2. The maximum Gasteiger partial charge on any atom is 0.418 e. The van der Waals surface area contributed by atoms with Gasteiger partial charge < -0.3 is 19.2 Å². The number of carbonyl (C=O) groups is 2. The monoisotopic (exact) mass is 614 g/mol. The van der Waals surface area contributed by atoms with Gasteiger partial charge in [-0.05, 0) is 82.6 Å². The molecule has 0 aliphatic rings. The van der Waals surface area contributed by atoms with Crippen LogP contribution in [-0.4, -0.2) is 34.5 Å². The molecule has 0 aliphatic carbocycles. The summed E-state index contributed by atoms with van der Waals surface area (Å²) in [5.41, 5.74) is -5.19. The Morgan fingerprint density at radius 3 is 2.05 bits per heavy atom. The van der Waals surface area contributed by atoms with E-state index in [1.54, 1.807) is 75.9 Å². The lowest BCUT2D eigenvalue weighted by Gasteiger charge is -2.29. The van der Waals surface area contributed by atoms with Gasteiger partial charge in [-0.15, -0.1) is 0 Å². The number of carbonyl (C=O) groups excluding carboxylic acids is 2. The quantitative estimate of drug-likeness (QED) is 0.189. The number of rotatable bonds is 10. The van der Waals surface area contributed by atoms with Crippen LogP contribution in [0.1, 0.15) is 57.1 Å². The van der Waals surface area contributed by atoms with E-state index in [1.165, 1.54) is 6.26 Å². The van der Waals surface area contributed by atoms with Crippen LogP contribution in [0.2, 0.25) is 0 Å². The normalized spacial score (nSPS) is 12.7. The molecule has 0 aliphatic heterocycles. The Labute approximate surface area is 244 Å². The lowest BCUT2D eigenvalue weighted by atomic mass is 10.1. The van der Waals surface area contributed by atoms with Crippen molar-refractivity contribution in [1.29, 1.82) is 0 Å². The van der Waals surface area contributed by atoms with Crippen LogP contribution in [0.5, 0.6) is 5.75 Å². The third kappa shape index (κ3) is 10.1. The number of hydrogen-bond acceptors (Lipinski definition) is 6. The van der Waals surface area contributed by atoms with Crippen LogP contribution in [0, 0.1) is 0 Å². The van der Waals surface area contributed by atoms with Crippen molar-refractivity contribution in [3.63, 3.8) is 0 Å². The number of esters is 1. The van der Waals surface area contributed by atoms with Crippen molar-refractivity contribution < 1.29 is 49.8 Å². The number of alkyl halides is 6. The van der Waals surface area contributed by atoms with Crippen molar-refractivity contribution in [2.24, 2.45) is 0 Å². The number of nitrogens with zero attached hydrogens (tertiary/aromatic N) is 1. The van der Waals surface area contributed by atoms with Gasteiger partial charge in [-0.1, -0.05) is 12.1 Å². The van der Waals surface area contributed by atoms with Gasteiger partial charge in [0.05, 0.1) is 36.2 Å². The summed E-state index contributed by atoms with van der Waals surface area (Å²) in [5, 5.41) is 2.09. The van der Waals surface area contributed by atoms with Crippen molar-refractivity contribution in [3.8, 4) is 5.75 Å². The highest BCUT2D eigenvalue weighted by Crippen LogP contribution is 2.39. The zero-order valence-electron chi connectivity index (χ0n) is 24.2. The first-order valence-electron chi connectivity index (χ1n) is 13.1. The van der Waals surface area contributed by atoms with E-state index >= 15 is 0 Å². The van der Waals surface area contributed by atoms with Gasteiger partial charge in [0.2, 0.25) is 5.91 Å². The number of furan rings is 1. The molecule has 1 amide bonds. The summed E-state index contributed by atoms with van der Waals surface area (Å²) in [6, 6.07) is 10.9. The predicted octanol–water partition coefficient (Wildman–Crippen LogP) is 7.46.